The Kier molecular flexibility index (Phi) is 10.2. The molecule has 0 unspecified atom stereocenters. The number of hydrogen-bond donors (Lipinski definition) is 4. The monoisotopic (exact) mass is 444 g/mol. The second kappa shape index (κ2) is 11.2. The van der Waals surface area contributed by atoms with Crippen molar-refractivity contribution in [2.75, 3.05) is 0 Å². The Morgan fingerprint density at radius 2 is 1.55 bits per heavy atom. The summed E-state index contributed by atoms with van der Waals surface area (Å²) in [4.78, 5) is 11.8. The molecule has 0 aromatic carbocycles. The molecule has 0 amide bonds. The van der Waals surface area contributed by atoms with Crippen LogP contribution in [-0.4, -0.2) is 62.7 Å². The fourth-order valence-electron chi connectivity index (χ4n) is 4.69. The van der Waals surface area contributed by atoms with Crippen LogP contribution in [0, 0.1) is 29.6 Å². The first-order valence-electron chi connectivity index (χ1n) is 11.4. The van der Waals surface area contributed by atoms with Gasteiger partial charge in [0.25, 0.3) is 0 Å². The average Bonchev–Trinajstić information content (AvgIpc) is 2.67. The Hall–Kier alpha value is -0.990. The summed E-state index contributed by atoms with van der Waals surface area (Å²) < 4.78 is 12.2. The number of rotatable bonds is 11. The van der Waals surface area contributed by atoms with Gasteiger partial charge in [0.2, 0.25) is 0 Å². The lowest BCUT2D eigenvalue weighted by Gasteiger charge is -2.48. The predicted octanol–water partition coefficient (Wildman–Crippen LogP) is 3.21. The van der Waals surface area contributed by atoms with Gasteiger partial charge in [0.05, 0.1) is 36.4 Å². The molecule has 0 radical (unpaired) electrons. The van der Waals surface area contributed by atoms with Gasteiger partial charge in [-0.3, -0.25) is 4.79 Å². The topological polar surface area (TPSA) is 116 Å². The van der Waals surface area contributed by atoms with Crippen LogP contribution in [0.4, 0.5) is 0 Å². The second-order valence-electron chi connectivity index (χ2n) is 10.0. The largest absolute Gasteiger partial charge is 0.481 e. The van der Waals surface area contributed by atoms with Crippen LogP contribution in [0.15, 0.2) is 12.2 Å². The number of aliphatic hydroxyl groups excluding tert-OH is 3. The van der Waals surface area contributed by atoms with Crippen LogP contribution >= 0.6 is 0 Å². The molecule has 7 heteroatoms. The summed E-state index contributed by atoms with van der Waals surface area (Å²) in [5, 5.41) is 40.6. The van der Waals surface area contributed by atoms with Crippen LogP contribution < -0.4 is 0 Å². The molecule has 0 saturated carbocycles. The first-order valence-corrected chi connectivity index (χ1v) is 11.4. The first kappa shape index (κ1) is 28.0. The Balaban J connectivity index is 2.93. The van der Waals surface area contributed by atoms with Crippen LogP contribution in [0.3, 0.4) is 0 Å². The first-order chi connectivity index (χ1) is 14.1. The summed E-state index contributed by atoms with van der Waals surface area (Å²) >= 11 is 0. The molecule has 31 heavy (non-hydrogen) atoms. The van der Waals surface area contributed by atoms with E-state index in [0.717, 1.165) is 0 Å². The maximum atomic E-state index is 11.8. The fraction of sp³-hybridized carbons (Fsp3) is 0.875. The third kappa shape index (κ3) is 6.99. The van der Waals surface area contributed by atoms with E-state index in [-0.39, 0.29) is 23.9 Å². The minimum atomic E-state index is -0.931. The van der Waals surface area contributed by atoms with Crippen molar-refractivity contribution < 1.29 is 34.7 Å². The van der Waals surface area contributed by atoms with Crippen molar-refractivity contribution in [3.63, 3.8) is 0 Å². The molecular formula is C24H44O7. The van der Waals surface area contributed by atoms with Gasteiger partial charge in [0, 0.05) is 17.8 Å². The van der Waals surface area contributed by atoms with Gasteiger partial charge in [0.15, 0.2) is 5.79 Å². The van der Waals surface area contributed by atoms with Crippen molar-refractivity contribution in [3.05, 3.63) is 12.2 Å². The van der Waals surface area contributed by atoms with Gasteiger partial charge in [-0.1, -0.05) is 41.2 Å². The standard InChI is InChI=1S/C24H44O7/c1-10-18(23(28)29)22-16(6)21(30-24(8,9)31-22)13(3)11-12(2)19(26)15(5)20(27)14(4)17(7)25/h13-22,25-27H,2,10-11H2,1,3-9H3,(H,28,29)/t13-,14-,15-,16+,17+,18+,19+,20-,21-,22-/m0/s1. The van der Waals surface area contributed by atoms with Crippen LogP contribution in [0.5, 0.6) is 0 Å². The minimum Gasteiger partial charge on any atom is -0.481 e. The Bertz CT molecular complexity index is 603. The van der Waals surface area contributed by atoms with Gasteiger partial charge in [-0.05, 0) is 45.1 Å². The van der Waals surface area contributed by atoms with Gasteiger partial charge in [-0.2, -0.15) is 0 Å². The highest BCUT2D eigenvalue weighted by Crippen LogP contribution is 2.40. The predicted molar refractivity (Wildman–Crippen MR) is 119 cm³/mol. The van der Waals surface area contributed by atoms with Crippen LogP contribution in [0.2, 0.25) is 0 Å². The second-order valence-corrected chi connectivity index (χ2v) is 10.0. The van der Waals surface area contributed by atoms with E-state index in [1.807, 2.05) is 20.8 Å². The zero-order valence-electron chi connectivity index (χ0n) is 20.4. The van der Waals surface area contributed by atoms with E-state index in [0.29, 0.717) is 18.4 Å². The van der Waals surface area contributed by atoms with Crippen molar-refractivity contribution in [1.82, 2.24) is 0 Å². The molecule has 0 aromatic heterocycles. The van der Waals surface area contributed by atoms with Crippen molar-refractivity contribution in [3.8, 4) is 0 Å². The third-order valence-corrected chi connectivity index (χ3v) is 6.93. The molecule has 0 spiro atoms. The molecule has 1 aliphatic rings. The van der Waals surface area contributed by atoms with Gasteiger partial charge in [-0.15, -0.1) is 0 Å². The minimum absolute atomic E-state index is 0.0485. The molecule has 0 bridgehead atoms. The highest BCUT2D eigenvalue weighted by molar-refractivity contribution is 5.70. The van der Waals surface area contributed by atoms with Gasteiger partial charge in [0.1, 0.15) is 0 Å². The van der Waals surface area contributed by atoms with E-state index in [2.05, 4.69) is 6.58 Å². The highest BCUT2D eigenvalue weighted by Gasteiger charge is 2.47. The Morgan fingerprint density at radius 1 is 1.03 bits per heavy atom. The number of aliphatic hydroxyl groups is 3. The number of aliphatic carboxylic acids is 1. The number of carboxylic acid groups (broad SMARTS) is 1. The Morgan fingerprint density at radius 3 is 2.00 bits per heavy atom. The molecule has 1 rings (SSSR count). The molecule has 1 aliphatic heterocycles. The number of carboxylic acids is 1. The van der Waals surface area contributed by atoms with Crippen LogP contribution in [0.1, 0.15) is 68.2 Å². The van der Waals surface area contributed by atoms with E-state index in [1.54, 1.807) is 34.6 Å². The number of hydrogen-bond acceptors (Lipinski definition) is 6. The van der Waals surface area contributed by atoms with E-state index in [9.17, 15) is 25.2 Å². The molecule has 0 aliphatic carbocycles. The third-order valence-electron chi connectivity index (χ3n) is 6.93. The smallest absolute Gasteiger partial charge is 0.309 e. The average molecular weight is 445 g/mol. The lowest BCUT2D eigenvalue weighted by atomic mass is 9.77. The summed E-state index contributed by atoms with van der Waals surface area (Å²) in [7, 11) is 0. The molecular weight excluding hydrogens is 400 g/mol. The number of ether oxygens (including phenoxy) is 2. The van der Waals surface area contributed by atoms with E-state index in [4.69, 9.17) is 9.47 Å². The maximum absolute atomic E-state index is 11.8. The molecule has 10 atom stereocenters. The molecule has 4 N–H and O–H groups in total. The van der Waals surface area contributed by atoms with Gasteiger partial charge >= 0.3 is 5.97 Å². The van der Waals surface area contributed by atoms with Crippen molar-refractivity contribution >= 4 is 5.97 Å². The molecule has 1 saturated heterocycles. The maximum Gasteiger partial charge on any atom is 0.309 e. The number of carbonyl (C=O) groups is 1. The molecule has 0 aromatic rings. The summed E-state index contributed by atoms with van der Waals surface area (Å²) in [6.07, 6.45) is -2.32. The van der Waals surface area contributed by atoms with Crippen LogP contribution in [0.25, 0.3) is 0 Å². The Labute approximate surface area is 187 Å². The van der Waals surface area contributed by atoms with Crippen molar-refractivity contribution in [2.24, 2.45) is 29.6 Å². The molecule has 1 fully saturated rings. The normalized spacial score (nSPS) is 30.5. The summed E-state index contributed by atoms with van der Waals surface area (Å²) in [5.74, 6) is -3.50. The lowest BCUT2D eigenvalue weighted by Crippen LogP contribution is -2.55. The van der Waals surface area contributed by atoms with Crippen molar-refractivity contribution in [2.45, 2.75) is 105 Å². The van der Waals surface area contributed by atoms with Gasteiger partial charge in [-0.25, -0.2) is 0 Å². The zero-order valence-corrected chi connectivity index (χ0v) is 20.4. The fourth-order valence-corrected chi connectivity index (χ4v) is 4.69. The van der Waals surface area contributed by atoms with E-state index in [1.165, 1.54) is 0 Å². The van der Waals surface area contributed by atoms with E-state index < -0.39 is 48.0 Å². The summed E-state index contributed by atoms with van der Waals surface area (Å²) in [5.41, 5.74) is 0.582. The zero-order chi connectivity index (χ0) is 24.3. The highest BCUT2D eigenvalue weighted by atomic mass is 16.7. The van der Waals surface area contributed by atoms with E-state index >= 15 is 0 Å². The quantitative estimate of drug-likeness (QED) is 0.362. The molecule has 1 heterocycles. The summed E-state index contributed by atoms with van der Waals surface area (Å²) in [6, 6.07) is 0. The lowest BCUT2D eigenvalue weighted by molar-refractivity contribution is -0.333. The van der Waals surface area contributed by atoms with Crippen LogP contribution in [-0.2, 0) is 14.3 Å². The summed E-state index contributed by atoms with van der Waals surface area (Å²) in [6.45, 7) is 18.5. The van der Waals surface area contributed by atoms with Crippen molar-refractivity contribution in [1.29, 1.82) is 0 Å². The molecule has 182 valence electrons. The molecule has 7 nitrogen and oxygen atoms in total. The van der Waals surface area contributed by atoms with Gasteiger partial charge < -0.3 is 29.9 Å². The SMILES string of the molecule is C=C(C[C@H](C)[C@@H]1OC(C)(C)O[C@H]([C@@H](CC)C(=O)O)[C@@H]1C)[C@@H](O)[C@H](C)[C@@H](O)[C@@H](C)[C@@H](C)O.